The van der Waals surface area contributed by atoms with Crippen molar-refractivity contribution in [1.82, 2.24) is 0 Å². The second-order valence-electron chi connectivity index (χ2n) is 4.21. The molecule has 1 rings (SSSR count). The highest BCUT2D eigenvalue weighted by Crippen LogP contribution is 2.03. The monoisotopic (exact) mass is 233 g/mol. The quantitative estimate of drug-likeness (QED) is 0.625. The minimum atomic E-state index is -0.594. The van der Waals surface area contributed by atoms with Gasteiger partial charge in [-0.2, -0.15) is 0 Å². The minimum absolute atomic E-state index is 0.295. The van der Waals surface area contributed by atoms with Crippen molar-refractivity contribution in [3.63, 3.8) is 0 Å². The lowest BCUT2D eigenvalue weighted by atomic mass is 10.1. The lowest BCUT2D eigenvalue weighted by Gasteiger charge is -2.10. The molecule has 0 spiro atoms. The van der Waals surface area contributed by atoms with Gasteiger partial charge in [-0.25, -0.2) is 0 Å². The topological polar surface area (TPSA) is 52.3 Å². The van der Waals surface area contributed by atoms with Crippen LogP contribution in [0, 0.1) is 0 Å². The summed E-state index contributed by atoms with van der Waals surface area (Å²) in [4.78, 5) is 11.6. The second-order valence-corrected chi connectivity index (χ2v) is 4.21. The van der Waals surface area contributed by atoms with Gasteiger partial charge in [0, 0.05) is 0 Å². The fourth-order valence-electron chi connectivity index (χ4n) is 1.35. The molecule has 0 bridgehead atoms. The molecule has 1 aromatic rings. The van der Waals surface area contributed by atoms with Gasteiger partial charge in [0.05, 0.1) is 0 Å². The first kappa shape index (κ1) is 13.5. The van der Waals surface area contributed by atoms with E-state index < -0.39 is 6.04 Å². The lowest BCUT2D eigenvalue weighted by Crippen LogP contribution is -2.34. The van der Waals surface area contributed by atoms with Crippen LogP contribution in [0.15, 0.2) is 42.0 Å². The summed E-state index contributed by atoms with van der Waals surface area (Å²) >= 11 is 0. The van der Waals surface area contributed by atoms with Crippen molar-refractivity contribution >= 4 is 5.97 Å². The molecule has 0 radical (unpaired) electrons. The maximum atomic E-state index is 11.6. The van der Waals surface area contributed by atoms with E-state index in [4.69, 9.17) is 10.5 Å². The van der Waals surface area contributed by atoms with Crippen molar-refractivity contribution in [2.75, 3.05) is 6.61 Å². The summed E-state index contributed by atoms with van der Waals surface area (Å²) in [6.07, 6.45) is 2.36. The van der Waals surface area contributed by atoms with Crippen molar-refractivity contribution in [1.29, 1.82) is 0 Å². The Morgan fingerprint density at radius 1 is 1.35 bits per heavy atom. The van der Waals surface area contributed by atoms with Gasteiger partial charge >= 0.3 is 5.97 Å². The summed E-state index contributed by atoms with van der Waals surface area (Å²) in [6.45, 7) is 4.21. The van der Waals surface area contributed by atoms with Crippen LogP contribution in [0.1, 0.15) is 19.4 Å². The molecule has 0 aliphatic rings. The first-order chi connectivity index (χ1) is 8.09. The molecule has 3 nitrogen and oxygen atoms in total. The Hall–Kier alpha value is -1.61. The largest absolute Gasteiger partial charge is 0.460 e. The van der Waals surface area contributed by atoms with Crippen LogP contribution < -0.4 is 5.73 Å². The van der Waals surface area contributed by atoms with E-state index in [-0.39, 0.29) is 5.97 Å². The van der Waals surface area contributed by atoms with Crippen molar-refractivity contribution < 1.29 is 9.53 Å². The van der Waals surface area contributed by atoms with E-state index in [9.17, 15) is 4.79 Å². The van der Waals surface area contributed by atoms with Gasteiger partial charge in [0.2, 0.25) is 0 Å². The number of hydrogen-bond acceptors (Lipinski definition) is 3. The van der Waals surface area contributed by atoms with Gasteiger partial charge in [0.15, 0.2) is 0 Å². The van der Waals surface area contributed by atoms with Gasteiger partial charge in [-0.15, -0.1) is 0 Å². The zero-order valence-electron chi connectivity index (χ0n) is 10.3. The first-order valence-corrected chi connectivity index (χ1v) is 5.69. The second kappa shape index (κ2) is 6.86. The van der Waals surface area contributed by atoms with Crippen LogP contribution in [0.2, 0.25) is 0 Å². The number of rotatable bonds is 5. The molecule has 0 unspecified atom stereocenters. The standard InChI is InChI=1S/C14H19NO2/c1-11(2)8-9-17-14(16)13(15)10-12-6-4-3-5-7-12/h3-8,13H,9-10,15H2,1-2H3/t13-/m0/s1. The number of allylic oxidation sites excluding steroid dienone is 1. The number of esters is 1. The molecular formula is C14H19NO2. The molecule has 0 heterocycles. The van der Waals surface area contributed by atoms with E-state index in [0.29, 0.717) is 13.0 Å². The van der Waals surface area contributed by atoms with Gasteiger partial charge in [-0.1, -0.05) is 35.9 Å². The van der Waals surface area contributed by atoms with Crippen molar-refractivity contribution in [3.8, 4) is 0 Å². The predicted octanol–water partition coefficient (Wildman–Crippen LogP) is 2.07. The molecule has 1 aromatic carbocycles. The molecule has 0 aliphatic heterocycles. The van der Waals surface area contributed by atoms with Crippen LogP contribution >= 0.6 is 0 Å². The fraction of sp³-hybridized carbons (Fsp3) is 0.357. The van der Waals surface area contributed by atoms with Crippen molar-refractivity contribution in [3.05, 3.63) is 47.5 Å². The number of carbonyl (C=O) groups excluding carboxylic acids is 1. The first-order valence-electron chi connectivity index (χ1n) is 5.69. The lowest BCUT2D eigenvalue weighted by molar-refractivity contribution is -0.143. The predicted molar refractivity (Wildman–Crippen MR) is 68.5 cm³/mol. The Balaban J connectivity index is 2.40. The summed E-state index contributed by atoms with van der Waals surface area (Å²) in [5, 5.41) is 0. The van der Waals surface area contributed by atoms with Crippen LogP contribution in [0.4, 0.5) is 0 Å². The Morgan fingerprint density at radius 2 is 2.00 bits per heavy atom. The Bertz CT molecular complexity index is 380. The van der Waals surface area contributed by atoms with E-state index in [1.807, 2.05) is 50.3 Å². The molecule has 0 amide bonds. The number of ether oxygens (including phenoxy) is 1. The third-order valence-electron chi connectivity index (χ3n) is 2.32. The maximum Gasteiger partial charge on any atom is 0.323 e. The van der Waals surface area contributed by atoms with Crippen molar-refractivity contribution in [2.24, 2.45) is 5.73 Å². The number of hydrogen-bond donors (Lipinski definition) is 1. The third-order valence-corrected chi connectivity index (χ3v) is 2.32. The summed E-state index contributed by atoms with van der Waals surface area (Å²) < 4.78 is 5.05. The molecule has 0 saturated carbocycles. The van der Waals surface area contributed by atoms with E-state index in [1.165, 1.54) is 0 Å². The van der Waals surface area contributed by atoms with E-state index >= 15 is 0 Å². The summed E-state index contributed by atoms with van der Waals surface area (Å²) in [6, 6.07) is 9.09. The van der Waals surface area contributed by atoms with Gasteiger partial charge in [-0.3, -0.25) is 4.79 Å². The molecular weight excluding hydrogens is 214 g/mol. The van der Waals surface area contributed by atoms with Crippen LogP contribution in [0.5, 0.6) is 0 Å². The molecule has 0 fully saturated rings. The third kappa shape index (κ3) is 5.31. The average Bonchev–Trinajstić information content (AvgIpc) is 2.29. The molecule has 0 aliphatic carbocycles. The summed E-state index contributed by atoms with van der Waals surface area (Å²) in [5.41, 5.74) is 7.93. The van der Waals surface area contributed by atoms with Gasteiger partial charge in [-0.05, 0) is 31.9 Å². The maximum absolute atomic E-state index is 11.6. The highest BCUT2D eigenvalue weighted by Gasteiger charge is 2.14. The molecule has 1 atom stereocenters. The highest BCUT2D eigenvalue weighted by molar-refractivity contribution is 5.76. The van der Waals surface area contributed by atoms with Crippen LogP contribution in [-0.4, -0.2) is 18.6 Å². The van der Waals surface area contributed by atoms with Crippen molar-refractivity contribution in [2.45, 2.75) is 26.3 Å². The molecule has 0 aromatic heterocycles. The van der Waals surface area contributed by atoms with E-state index in [1.54, 1.807) is 0 Å². The molecule has 92 valence electrons. The molecule has 0 saturated heterocycles. The van der Waals surface area contributed by atoms with E-state index in [0.717, 1.165) is 11.1 Å². The molecule has 2 N–H and O–H groups in total. The van der Waals surface area contributed by atoms with Gasteiger partial charge in [0.1, 0.15) is 12.6 Å². The zero-order valence-corrected chi connectivity index (χ0v) is 10.3. The molecule has 17 heavy (non-hydrogen) atoms. The number of benzene rings is 1. The SMILES string of the molecule is CC(C)=CCOC(=O)[C@@H](N)Cc1ccccc1. The smallest absolute Gasteiger partial charge is 0.323 e. The Morgan fingerprint density at radius 3 is 2.59 bits per heavy atom. The van der Waals surface area contributed by atoms with Crippen LogP contribution in [0.25, 0.3) is 0 Å². The Labute approximate surface area is 102 Å². The fourth-order valence-corrected chi connectivity index (χ4v) is 1.35. The Kier molecular flexibility index (Phi) is 5.43. The molecule has 3 heteroatoms. The number of carbonyl (C=O) groups is 1. The van der Waals surface area contributed by atoms with Gasteiger partial charge in [0.25, 0.3) is 0 Å². The highest BCUT2D eigenvalue weighted by atomic mass is 16.5. The zero-order chi connectivity index (χ0) is 12.7. The summed E-state index contributed by atoms with van der Waals surface area (Å²) in [7, 11) is 0. The summed E-state index contributed by atoms with van der Waals surface area (Å²) in [5.74, 6) is -0.355. The average molecular weight is 233 g/mol. The number of nitrogens with two attached hydrogens (primary N) is 1. The van der Waals surface area contributed by atoms with Gasteiger partial charge < -0.3 is 10.5 Å². The van der Waals surface area contributed by atoms with E-state index in [2.05, 4.69) is 0 Å². The normalized spacial score (nSPS) is 11.7. The van der Waals surface area contributed by atoms with Crippen LogP contribution in [-0.2, 0) is 16.0 Å². The van der Waals surface area contributed by atoms with Crippen LogP contribution in [0.3, 0.4) is 0 Å². The minimum Gasteiger partial charge on any atom is -0.460 e.